The van der Waals surface area contributed by atoms with Crippen LogP contribution in [0.15, 0.2) is 18.2 Å². The fourth-order valence-electron chi connectivity index (χ4n) is 4.26. The normalized spacial score (nSPS) is 23.2. The lowest BCUT2D eigenvalue weighted by atomic mass is 9.84. The van der Waals surface area contributed by atoms with E-state index in [0.717, 1.165) is 57.8 Å². The zero-order valence-electron chi connectivity index (χ0n) is 16.2. The summed E-state index contributed by atoms with van der Waals surface area (Å²) in [6, 6.07) is 6.44. The smallest absolute Gasteiger partial charge is 0.234 e. The van der Waals surface area contributed by atoms with Crippen LogP contribution in [-0.2, 0) is 4.79 Å². The second-order valence-electron chi connectivity index (χ2n) is 7.81. The second kappa shape index (κ2) is 9.83. The number of amides is 1. The van der Waals surface area contributed by atoms with E-state index in [1.165, 1.54) is 0 Å². The summed E-state index contributed by atoms with van der Waals surface area (Å²) in [5.41, 5.74) is 0.358. The first-order valence-electron chi connectivity index (χ1n) is 10.1. The van der Waals surface area contributed by atoms with Gasteiger partial charge in [0.25, 0.3) is 0 Å². The highest BCUT2D eigenvalue weighted by Crippen LogP contribution is 2.28. The lowest BCUT2D eigenvalue weighted by Crippen LogP contribution is -2.47. The highest BCUT2D eigenvalue weighted by atomic mass is 19.2. The van der Waals surface area contributed by atoms with Gasteiger partial charge in [-0.1, -0.05) is 6.07 Å². The number of carbonyl (C=O) groups is 1. The van der Waals surface area contributed by atoms with Gasteiger partial charge in [0.1, 0.15) is 6.42 Å². The standard InChI is InChI=1S/C21H28F2N4O/c22-18-2-1-3-19(21(18)23)27-14-12-26(13-15-27)11-9-16-4-6-17(7-5-16)25-20(28)8-10-24/h1-3,16-17H,4-9,11-15H2,(H,25,28)/t16-,17-. The zero-order chi connectivity index (χ0) is 19.9. The summed E-state index contributed by atoms with van der Waals surface area (Å²) in [6.07, 6.45) is 5.24. The summed E-state index contributed by atoms with van der Waals surface area (Å²) < 4.78 is 27.4. The van der Waals surface area contributed by atoms with Crippen LogP contribution in [0.25, 0.3) is 0 Å². The summed E-state index contributed by atoms with van der Waals surface area (Å²) >= 11 is 0. The second-order valence-corrected chi connectivity index (χ2v) is 7.81. The molecule has 1 aliphatic carbocycles. The largest absolute Gasteiger partial charge is 0.367 e. The molecule has 0 spiro atoms. The summed E-state index contributed by atoms with van der Waals surface area (Å²) in [5.74, 6) is -1.05. The Balaban J connectivity index is 1.36. The highest BCUT2D eigenvalue weighted by molar-refractivity contribution is 5.78. The molecule has 1 aromatic rings. The average Bonchev–Trinajstić information content (AvgIpc) is 2.70. The van der Waals surface area contributed by atoms with Crippen LogP contribution in [0, 0.1) is 28.9 Å². The lowest BCUT2D eigenvalue weighted by Gasteiger charge is -2.37. The van der Waals surface area contributed by atoms with E-state index in [9.17, 15) is 13.6 Å². The fourth-order valence-corrected chi connectivity index (χ4v) is 4.26. The molecule has 0 radical (unpaired) electrons. The lowest BCUT2D eigenvalue weighted by molar-refractivity contribution is -0.121. The molecule has 2 aliphatic rings. The molecule has 1 N–H and O–H groups in total. The van der Waals surface area contributed by atoms with Crippen LogP contribution in [-0.4, -0.2) is 49.6 Å². The molecule has 1 amide bonds. The summed E-state index contributed by atoms with van der Waals surface area (Å²) in [6.45, 7) is 4.15. The molecular formula is C21H28F2N4O. The van der Waals surface area contributed by atoms with Crippen LogP contribution in [0.4, 0.5) is 14.5 Å². The van der Waals surface area contributed by atoms with Crippen molar-refractivity contribution in [3.8, 4) is 6.07 Å². The van der Waals surface area contributed by atoms with Crippen LogP contribution in [0.1, 0.15) is 38.5 Å². The third kappa shape index (κ3) is 5.41. The van der Waals surface area contributed by atoms with Gasteiger partial charge in [0.15, 0.2) is 11.6 Å². The number of benzene rings is 1. The van der Waals surface area contributed by atoms with Crippen LogP contribution in [0.3, 0.4) is 0 Å². The van der Waals surface area contributed by atoms with Crippen molar-refractivity contribution in [1.82, 2.24) is 10.2 Å². The Labute approximate surface area is 165 Å². The minimum atomic E-state index is -0.792. The minimum Gasteiger partial charge on any atom is -0.367 e. The van der Waals surface area contributed by atoms with Crippen molar-refractivity contribution in [2.24, 2.45) is 5.92 Å². The number of nitrogens with zero attached hydrogens (tertiary/aromatic N) is 3. The summed E-state index contributed by atoms with van der Waals surface area (Å²) in [4.78, 5) is 15.8. The summed E-state index contributed by atoms with van der Waals surface area (Å²) in [5, 5.41) is 11.5. The number of hydrogen-bond donors (Lipinski definition) is 1. The number of halogens is 2. The number of nitrogens with one attached hydrogen (secondary N) is 1. The molecule has 1 aliphatic heterocycles. The molecule has 7 heteroatoms. The monoisotopic (exact) mass is 390 g/mol. The quantitative estimate of drug-likeness (QED) is 0.811. The molecule has 0 unspecified atom stereocenters. The van der Waals surface area contributed by atoms with Gasteiger partial charge in [0.2, 0.25) is 5.91 Å². The number of hydrogen-bond acceptors (Lipinski definition) is 4. The number of carbonyl (C=O) groups excluding carboxylic acids is 1. The van der Waals surface area contributed by atoms with E-state index < -0.39 is 11.6 Å². The van der Waals surface area contributed by atoms with Gasteiger partial charge in [-0.2, -0.15) is 5.26 Å². The van der Waals surface area contributed by atoms with Crippen molar-refractivity contribution in [2.45, 2.75) is 44.6 Å². The van der Waals surface area contributed by atoms with E-state index in [1.807, 2.05) is 11.0 Å². The molecule has 1 saturated carbocycles. The number of piperazine rings is 1. The van der Waals surface area contributed by atoms with Gasteiger partial charge >= 0.3 is 0 Å². The molecule has 3 rings (SSSR count). The van der Waals surface area contributed by atoms with Gasteiger partial charge in [-0.25, -0.2) is 8.78 Å². The fraction of sp³-hybridized carbons (Fsp3) is 0.619. The van der Waals surface area contributed by atoms with E-state index in [-0.39, 0.29) is 18.4 Å². The summed E-state index contributed by atoms with van der Waals surface area (Å²) in [7, 11) is 0. The van der Waals surface area contributed by atoms with E-state index in [1.54, 1.807) is 12.1 Å². The molecule has 152 valence electrons. The van der Waals surface area contributed by atoms with Gasteiger partial charge in [0.05, 0.1) is 11.8 Å². The Morgan fingerprint density at radius 3 is 2.54 bits per heavy atom. The third-order valence-electron chi connectivity index (χ3n) is 5.95. The highest BCUT2D eigenvalue weighted by Gasteiger charge is 2.24. The van der Waals surface area contributed by atoms with Crippen molar-refractivity contribution in [3.05, 3.63) is 29.8 Å². The number of rotatable bonds is 6. The van der Waals surface area contributed by atoms with Crippen LogP contribution in [0.2, 0.25) is 0 Å². The molecule has 0 bridgehead atoms. The first kappa shape index (κ1) is 20.5. The van der Waals surface area contributed by atoms with Crippen LogP contribution in [0.5, 0.6) is 0 Å². The molecule has 1 heterocycles. The molecule has 5 nitrogen and oxygen atoms in total. The predicted octanol–water partition coefficient (Wildman–Crippen LogP) is 3.07. The Morgan fingerprint density at radius 2 is 1.86 bits per heavy atom. The maximum atomic E-state index is 14.0. The molecule has 28 heavy (non-hydrogen) atoms. The van der Waals surface area contributed by atoms with Crippen molar-refractivity contribution >= 4 is 11.6 Å². The maximum Gasteiger partial charge on any atom is 0.234 e. The van der Waals surface area contributed by atoms with Gasteiger partial charge in [0, 0.05) is 32.2 Å². The van der Waals surface area contributed by atoms with Crippen molar-refractivity contribution < 1.29 is 13.6 Å². The van der Waals surface area contributed by atoms with Crippen molar-refractivity contribution in [1.29, 1.82) is 5.26 Å². The van der Waals surface area contributed by atoms with E-state index in [2.05, 4.69) is 10.2 Å². The Bertz CT molecular complexity index is 705. The first-order chi connectivity index (χ1) is 13.6. The van der Waals surface area contributed by atoms with Crippen molar-refractivity contribution in [3.63, 3.8) is 0 Å². The first-order valence-corrected chi connectivity index (χ1v) is 10.1. The van der Waals surface area contributed by atoms with Gasteiger partial charge in [-0.3, -0.25) is 9.69 Å². The number of anilines is 1. The van der Waals surface area contributed by atoms with Gasteiger partial charge in [-0.15, -0.1) is 0 Å². The molecule has 1 saturated heterocycles. The molecule has 0 aromatic heterocycles. The van der Waals surface area contributed by atoms with Gasteiger partial charge < -0.3 is 10.2 Å². The minimum absolute atomic E-state index is 0.0641. The molecule has 2 fully saturated rings. The van der Waals surface area contributed by atoms with E-state index in [0.29, 0.717) is 24.7 Å². The topological polar surface area (TPSA) is 59.4 Å². The van der Waals surface area contributed by atoms with Crippen LogP contribution < -0.4 is 10.2 Å². The van der Waals surface area contributed by atoms with E-state index >= 15 is 0 Å². The molecule has 0 atom stereocenters. The van der Waals surface area contributed by atoms with Crippen LogP contribution >= 0.6 is 0 Å². The van der Waals surface area contributed by atoms with E-state index in [4.69, 9.17) is 5.26 Å². The van der Waals surface area contributed by atoms with Crippen molar-refractivity contribution in [2.75, 3.05) is 37.6 Å². The average molecular weight is 390 g/mol. The Kier molecular flexibility index (Phi) is 7.21. The Hall–Kier alpha value is -2.20. The predicted molar refractivity (Wildman–Crippen MR) is 104 cm³/mol. The number of nitriles is 1. The molecule has 1 aromatic carbocycles. The van der Waals surface area contributed by atoms with Gasteiger partial charge in [-0.05, 0) is 56.7 Å². The molecular weight excluding hydrogens is 362 g/mol. The zero-order valence-corrected chi connectivity index (χ0v) is 16.2. The third-order valence-corrected chi connectivity index (χ3v) is 5.95. The maximum absolute atomic E-state index is 14.0. The SMILES string of the molecule is N#CCC(=O)N[C@H]1CC[C@H](CCN2CCN(c3cccc(F)c3F)CC2)CC1. The Morgan fingerprint density at radius 1 is 1.14 bits per heavy atom.